The van der Waals surface area contributed by atoms with Crippen molar-refractivity contribution in [3.63, 3.8) is 0 Å². The van der Waals surface area contributed by atoms with E-state index < -0.39 is 0 Å². The van der Waals surface area contributed by atoms with Gasteiger partial charge < -0.3 is 10.3 Å². The second kappa shape index (κ2) is 4.02. The number of halogens is 2. The highest BCUT2D eigenvalue weighted by molar-refractivity contribution is 9.10. The second-order valence-corrected chi connectivity index (χ2v) is 4.02. The molecule has 78 valence electrons. The molecule has 2 N–H and O–H groups in total. The van der Waals surface area contributed by atoms with E-state index in [9.17, 15) is 4.39 Å². The summed E-state index contributed by atoms with van der Waals surface area (Å²) in [6.07, 6.45) is 1.72. The van der Waals surface area contributed by atoms with Crippen molar-refractivity contribution < 1.29 is 4.39 Å². The third-order valence-electron chi connectivity index (χ3n) is 1.89. The summed E-state index contributed by atoms with van der Waals surface area (Å²) in [6.45, 7) is 1.91. The van der Waals surface area contributed by atoms with E-state index in [1.54, 1.807) is 12.3 Å². The van der Waals surface area contributed by atoms with Gasteiger partial charge in [0.05, 0.1) is 5.69 Å². The first-order valence-corrected chi connectivity index (χ1v) is 5.18. The minimum atomic E-state index is -0.275. The molecule has 0 saturated carbocycles. The van der Waals surface area contributed by atoms with Gasteiger partial charge in [-0.25, -0.2) is 9.37 Å². The Morgan fingerprint density at radius 1 is 1.47 bits per heavy atom. The van der Waals surface area contributed by atoms with E-state index in [1.807, 2.05) is 6.92 Å². The van der Waals surface area contributed by atoms with Gasteiger partial charge in [-0.05, 0) is 41.1 Å². The summed E-state index contributed by atoms with van der Waals surface area (Å²) in [5.74, 6) is 0.364. The van der Waals surface area contributed by atoms with Gasteiger partial charge in [0.1, 0.15) is 5.82 Å². The molecule has 0 radical (unpaired) electrons. The van der Waals surface area contributed by atoms with Crippen molar-refractivity contribution in [1.29, 1.82) is 0 Å². The zero-order valence-electron chi connectivity index (χ0n) is 8.01. The normalized spacial score (nSPS) is 10.3. The van der Waals surface area contributed by atoms with Crippen LogP contribution in [-0.4, -0.2) is 9.97 Å². The molecule has 3 nitrogen and oxygen atoms in total. The van der Waals surface area contributed by atoms with E-state index in [-0.39, 0.29) is 5.82 Å². The first kappa shape index (κ1) is 10.2. The fraction of sp³-hybridized carbons (Fsp3) is 0.100. The highest BCUT2D eigenvalue weighted by atomic mass is 79.9. The maximum Gasteiger partial charge on any atom is 0.204 e. The lowest BCUT2D eigenvalue weighted by atomic mass is 10.3. The number of hydrogen-bond donors (Lipinski definition) is 2. The number of imidazole rings is 1. The quantitative estimate of drug-likeness (QED) is 0.878. The standard InChI is InChI=1S/C10H9BrFN3/c1-6-5-13-10(14-6)15-9-3-2-7(12)4-8(9)11/h2-5H,1H3,(H2,13,14,15). The lowest BCUT2D eigenvalue weighted by Crippen LogP contribution is -1.93. The molecule has 0 unspecified atom stereocenters. The van der Waals surface area contributed by atoms with Crippen LogP contribution in [0.25, 0.3) is 0 Å². The minimum absolute atomic E-state index is 0.275. The van der Waals surface area contributed by atoms with Gasteiger partial charge >= 0.3 is 0 Å². The summed E-state index contributed by atoms with van der Waals surface area (Å²) < 4.78 is 13.5. The van der Waals surface area contributed by atoms with Crippen molar-refractivity contribution in [2.45, 2.75) is 6.92 Å². The Labute approximate surface area is 94.9 Å². The smallest absolute Gasteiger partial charge is 0.204 e. The highest BCUT2D eigenvalue weighted by Crippen LogP contribution is 2.25. The molecule has 0 aliphatic rings. The van der Waals surface area contributed by atoms with Crippen LogP contribution in [0.4, 0.5) is 16.0 Å². The monoisotopic (exact) mass is 269 g/mol. The number of H-pyrrole nitrogens is 1. The third-order valence-corrected chi connectivity index (χ3v) is 2.54. The molecule has 1 heterocycles. The summed E-state index contributed by atoms with van der Waals surface area (Å²) in [7, 11) is 0. The summed E-state index contributed by atoms with van der Waals surface area (Å²) in [4.78, 5) is 7.12. The van der Waals surface area contributed by atoms with Gasteiger partial charge in [-0.2, -0.15) is 0 Å². The van der Waals surface area contributed by atoms with Gasteiger partial charge in [0.15, 0.2) is 0 Å². The molecule has 0 aliphatic heterocycles. The average Bonchev–Trinajstić information content (AvgIpc) is 2.56. The van der Waals surface area contributed by atoms with E-state index in [4.69, 9.17) is 0 Å². The van der Waals surface area contributed by atoms with Crippen LogP contribution < -0.4 is 5.32 Å². The van der Waals surface area contributed by atoms with Crippen molar-refractivity contribution in [2.75, 3.05) is 5.32 Å². The molecule has 0 aliphatic carbocycles. The molecule has 0 saturated heterocycles. The molecule has 0 bridgehead atoms. The fourth-order valence-corrected chi connectivity index (χ4v) is 1.64. The van der Waals surface area contributed by atoms with Gasteiger partial charge in [-0.1, -0.05) is 0 Å². The number of rotatable bonds is 2. The maximum atomic E-state index is 12.8. The minimum Gasteiger partial charge on any atom is -0.328 e. The van der Waals surface area contributed by atoms with Crippen LogP contribution in [0.3, 0.4) is 0 Å². The number of anilines is 2. The van der Waals surface area contributed by atoms with Crippen LogP contribution in [0.5, 0.6) is 0 Å². The van der Waals surface area contributed by atoms with Crippen molar-refractivity contribution in [3.8, 4) is 0 Å². The molecule has 0 spiro atoms. The maximum absolute atomic E-state index is 12.8. The molecular weight excluding hydrogens is 261 g/mol. The first-order valence-electron chi connectivity index (χ1n) is 4.39. The highest BCUT2D eigenvalue weighted by Gasteiger charge is 2.03. The van der Waals surface area contributed by atoms with E-state index >= 15 is 0 Å². The number of aromatic amines is 1. The Hall–Kier alpha value is -1.36. The van der Waals surface area contributed by atoms with Gasteiger partial charge in [0, 0.05) is 16.4 Å². The van der Waals surface area contributed by atoms with Crippen LogP contribution in [0.2, 0.25) is 0 Å². The molecule has 2 aromatic rings. The Morgan fingerprint density at radius 2 is 2.27 bits per heavy atom. The van der Waals surface area contributed by atoms with Gasteiger partial charge in [-0.3, -0.25) is 0 Å². The summed E-state index contributed by atoms with van der Waals surface area (Å²) in [5, 5.41) is 3.04. The van der Waals surface area contributed by atoms with Crippen LogP contribution in [0, 0.1) is 12.7 Å². The molecule has 15 heavy (non-hydrogen) atoms. The molecular formula is C10H9BrFN3. The average molecular weight is 270 g/mol. The van der Waals surface area contributed by atoms with E-state index in [1.165, 1.54) is 12.1 Å². The SMILES string of the molecule is Cc1cnc(Nc2ccc(F)cc2Br)[nH]1. The Bertz CT molecular complexity index is 481. The number of benzene rings is 1. The predicted octanol–water partition coefficient (Wildman–Crippen LogP) is 3.36. The Balaban J connectivity index is 2.24. The molecule has 2 rings (SSSR count). The van der Waals surface area contributed by atoms with Crippen molar-refractivity contribution in [1.82, 2.24) is 9.97 Å². The number of nitrogens with one attached hydrogen (secondary N) is 2. The molecule has 1 aromatic carbocycles. The molecule has 1 aromatic heterocycles. The van der Waals surface area contributed by atoms with Crippen LogP contribution in [0.1, 0.15) is 5.69 Å². The first-order chi connectivity index (χ1) is 7.15. The Morgan fingerprint density at radius 3 is 2.87 bits per heavy atom. The zero-order valence-corrected chi connectivity index (χ0v) is 9.60. The lowest BCUT2D eigenvalue weighted by molar-refractivity contribution is 0.627. The van der Waals surface area contributed by atoms with Crippen molar-refractivity contribution in [2.24, 2.45) is 0 Å². The van der Waals surface area contributed by atoms with Gasteiger partial charge in [0.2, 0.25) is 5.95 Å². The molecule has 0 amide bonds. The molecule has 5 heteroatoms. The van der Waals surface area contributed by atoms with E-state index in [0.29, 0.717) is 10.4 Å². The van der Waals surface area contributed by atoms with Crippen molar-refractivity contribution in [3.05, 3.63) is 40.4 Å². The number of aryl methyl sites for hydroxylation is 1. The van der Waals surface area contributed by atoms with Crippen LogP contribution in [0.15, 0.2) is 28.9 Å². The summed E-state index contributed by atoms with van der Waals surface area (Å²) in [5.41, 5.74) is 1.74. The predicted molar refractivity (Wildman–Crippen MR) is 60.7 cm³/mol. The largest absolute Gasteiger partial charge is 0.328 e. The van der Waals surface area contributed by atoms with Crippen LogP contribution in [-0.2, 0) is 0 Å². The Kier molecular flexibility index (Phi) is 2.73. The fourth-order valence-electron chi connectivity index (χ4n) is 1.19. The molecule has 0 atom stereocenters. The summed E-state index contributed by atoms with van der Waals surface area (Å²) in [6, 6.07) is 4.44. The second-order valence-electron chi connectivity index (χ2n) is 3.16. The zero-order chi connectivity index (χ0) is 10.8. The lowest BCUT2D eigenvalue weighted by Gasteiger charge is -2.05. The van der Waals surface area contributed by atoms with Gasteiger partial charge in [-0.15, -0.1) is 0 Å². The van der Waals surface area contributed by atoms with Crippen molar-refractivity contribution >= 4 is 27.6 Å². The third kappa shape index (κ3) is 2.36. The van der Waals surface area contributed by atoms with Crippen LogP contribution >= 0.6 is 15.9 Å². The number of aromatic nitrogens is 2. The molecule has 0 fully saturated rings. The number of hydrogen-bond acceptors (Lipinski definition) is 2. The number of nitrogens with zero attached hydrogens (tertiary/aromatic N) is 1. The van der Waals surface area contributed by atoms with Gasteiger partial charge in [0.25, 0.3) is 0 Å². The van der Waals surface area contributed by atoms with E-state index in [2.05, 4.69) is 31.2 Å². The summed E-state index contributed by atoms with van der Waals surface area (Å²) >= 11 is 3.27. The van der Waals surface area contributed by atoms with E-state index in [0.717, 1.165) is 11.4 Å². The topological polar surface area (TPSA) is 40.7 Å².